The van der Waals surface area contributed by atoms with E-state index in [1.807, 2.05) is 19.1 Å². The maximum atomic E-state index is 12.3. The van der Waals surface area contributed by atoms with Crippen molar-refractivity contribution >= 4 is 5.91 Å². The first-order valence-corrected chi connectivity index (χ1v) is 8.98. The number of aromatic nitrogens is 2. The number of nitrogens with one attached hydrogen (secondary N) is 1. The van der Waals surface area contributed by atoms with Crippen LogP contribution < -0.4 is 10.9 Å². The van der Waals surface area contributed by atoms with E-state index in [0.717, 1.165) is 31.2 Å². The molecule has 1 fully saturated rings. The minimum atomic E-state index is -0.258. The fourth-order valence-corrected chi connectivity index (χ4v) is 3.27. The summed E-state index contributed by atoms with van der Waals surface area (Å²) in [5.41, 5.74) is 3.78. The van der Waals surface area contributed by atoms with Crippen LogP contribution in [0.2, 0.25) is 0 Å². The molecule has 1 heterocycles. The van der Waals surface area contributed by atoms with E-state index in [2.05, 4.69) is 23.4 Å². The van der Waals surface area contributed by atoms with Gasteiger partial charge < -0.3 is 5.32 Å². The maximum Gasteiger partial charge on any atom is 0.267 e. The van der Waals surface area contributed by atoms with Crippen LogP contribution >= 0.6 is 0 Å². The number of rotatable bonds is 4. The molecule has 0 spiro atoms. The third-order valence-corrected chi connectivity index (χ3v) is 4.93. The average molecular weight is 339 g/mol. The van der Waals surface area contributed by atoms with Crippen molar-refractivity contribution in [2.75, 3.05) is 0 Å². The molecule has 1 aliphatic carbocycles. The lowest BCUT2D eigenvalue weighted by Crippen LogP contribution is -2.40. The van der Waals surface area contributed by atoms with Crippen LogP contribution in [0.3, 0.4) is 0 Å². The Hall–Kier alpha value is -2.43. The number of carbonyl (C=O) groups excluding carboxylic acids is 1. The van der Waals surface area contributed by atoms with Crippen LogP contribution in [-0.2, 0) is 11.3 Å². The van der Waals surface area contributed by atoms with Crippen LogP contribution in [0.25, 0.3) is 11.3 Å². The van der Waals surface area contributed by atoms with Gasteiger partial charge in [0.25, 0.3) is 5.56 Å². The lowest BCUT2D eigenvalue weighted by Gasteiger charge is -2.22. The maximum absolute atomic E-state index is 12.3. The minimum absolute atomic E-state index is 0.0337. The molecule has 0 aliphatic heterocycles. The van der Waals surface area contributed by atoms with E-state index in [0.29, 0.717) is 5.69 Å². The van der Waals surface area contributed by atoms with Crippen LogP contribution in [0, 0.1) is 13.8 Å². The molecule has 2 aromatic rings. The number of amides is 1. The van der Waals surface area contributed by atoms with Crippen molar-refractivity contribution in [2.24, 2.45) is 0 Å². The second-order valence-electron chi connectivity index (χ2n) is 6.92. The van der Waals surface area contributed by atoms with E-state index in [4.69, 9.17) is 0 Å². The molecule has 0 unspecified atom stereocenters. The van der Waals surface area contributed by atoms with E-state index in [1.54, 1.807) is 6.07 Å². The van der Waals surface area contributed by atoms with Gasteiger partial charge in [-0.25, -0.2) is 4.68 Å². The van der Waals surface area contributed by atoms with Crippen LogP contribution in [0.1, 0.15) is 43.2 Å². The minimum Gasteiger partial charge on any atom is -0.352 e. The second kappa shape index (κ2) is 7.64. The number of nitrogens with zero attached hydrogens (tertiary/aromatic N) is 2. The molecule has 1 aliphatic rings. The Morgan fingerprint density at radius 2 is 1.88 bits per heavy atom. The van der Waals surface area contributed by atoms with Crippen molar-refractivity contribution in [2.45, 2.75) is 58.5 Å². The van der Waals surface area contributed by atoms with Gasteiger partial charge in [-0.2, -0.15) is 5.10 Å². The fraction of sp³-hybridized carbons (Fsp3) is 0.450. The molecule has 25 heavy (non-hydrogen) atoms. The lowest BCUT2D eigenvalue weighted by atomic mass is 9.95. The third kappa shape index (κ3) is 4.35. The SMILES string of the molecule is Cc1ccc(-c2ccc(=O)n(CC(=O)NC3CCCCC3)n2)cc1C. The van der Waals surface area contributed by atoms with Crippen LogP contribution in [0.15, 0.2) is 35.1 Å². The largest absolute Gasteiger partial charge is 0.352 e. The molecule has 0 atom stereocenters. The van der Waals surface area contributed by atoms with Gasteiger partial charge in [-0.05, 0) is 49.9 Å². The van der Waals surface area contributed by atoms with Crippen molar-refractivity contribution < 1.29 is 4.79 Å². The van der Waals surface area contributed by atoms with E-state index >= 15 is 0 Å². The Kier molecular flexibility index (Phi) is 5.31. The number of carbonyl (C=O) groups is 1. The summed E-state index contributed by atoms with van der Waals surface area (Å²) >= 11 is 0. The molecule has 5 nitrogen and oxygen atoms in total. The summed E-state index contributed by atoms with van der Waals surface area (Å²) in [5.74, 6) is -0.140. The Balaban J connectivity index is 1.76. The number of aryl methyl sites for hydroxylation is 2. The Bertz CT molecular complexity index is 820. The molecule has 1 aromatic heterocycles. The highest BCUT2D eigenvalue weighted by Gasteiger charge is 2.16. The number of benzene rings is 1. The van der Waals surface area contributed by atoms with Crippen molar-refractivity contribution in [1.82, 2.24) is 15.1 Å². The summed E-state index contributed by atoms with van der Waals surface area (Å²) in [6.45, 7) is 4.07. The number of hydrogen-bond donors (Lipinski definition) is 1. The summed E-state index contributed by atoms with van der Waals surface area (Å²) < 4.78 is 1.25. The first-order chi connectivity index (χ1) is 12.0. The standard InChI is InChI=1S/C20H25N3O2/c1-14-8-9-16(12-15(14)2)18-10-11-20(25)23(22-18)13-19(24)21-17-6-4-3-5-7-17/h8-12,17H,3-7,13H2,1-2H3,(H,21,24). The predicted molar refractivity (Wildman–Crippen MR) is 98.4 cm³/mol. The molecule has 1 amide bonds. The first kappa shape index (κ1) is 17.4. The van der Waals surface area contributed by atoms with Gasteiger partial charge in [0.05, 0.1) is 5.69 Å². The Morgan fingerprint density at radius 1 is 1.12 bits per heavy atom. The molecule has 5 heteroatoms. The molecule has 1 saturated carbocycles. The highest BCUT2D eigenvalue weighted by atomic mass is 16.2. The van der Waals surface area contributed by atoms with Crippen LogP contribution in [-0.4, -0.2) is 21.7 Å². The van der Waals surface area contributed by atoms with Crippen molar-refractivity contribution in [1.29, 1.82) is 0 Å². The van der Waals surface area contributed by atoms with Gasteiger partial charge in [-0.3, -0.25) is 9.59 Å². The monoisotopic (exact) mass is 339 g/mol. The molecule has 132 valence electrons. The van der Waals surface area contributed by atoms with Gasteiger partial charge in [0.2, 0.25) is 5.91 Å². The van der Waals surface area contributed by atoms with Gasteiger partial charge in [-0.1, -0.05) is 31.4 Å². The molecule has 0 radical (unpaired) electrons. The summed E-state index contributed by atoms with van der Waals surface area (Å²) in [7, 11) is 0. The summed E-state index contributed by atoms with van der Waals surface area (Å²) in [4.78, 5) is 24.3. The summed E-state index contributed by atoms with van der Waals surface area (Å²) in [6, 6.07) is 9.50. The van der Waals surface area contributed by atoms with E-state index in [-0.39, 0.29) is 24.1 Å². The highest BCUT2D eigenvalue weighted by molar-refractivity contribution is 5.76. The topological polar surface area (TPSA) is 64.0 Å². The molecule has 0 bridgehead atoms. The zero-order valence-corrected chi connectivity index (χ0v) is 14.9. The van der Waals surface area contributed by atoms with E-state index in [9.17, 15) is 9.59 Å². The highest BCUT2D eigenvalue weighted by Crippen LogP contribution is 2.19. The van der Waals surface area contributed by atoms with E-state index in [1.165, 1.54) is 28.3 Å². The Morgan fingerprint density at radius 3 is 2.60 bits per heavy atom. The third-order valence-electron chi connectivity index (χ3n) is 4.93. The van der Waals surface area contributed by atoms with E-state index < -0.39 is 0 Å². The van der Waals surface area contributed by atoms with Gasteiger partial charge in [0.15, 0.2) is 0 Å². The van der Waals surface area contributed by atoms with Gasteiger partial charge in [0.1, 0.15) is 6.54 Å². The van der Waals surface area contributed by atoms with Crippen molar-refractivity contribution in [3.05, 3.63) is 51.8 Å². The lowest BCUT2D eigenvalue weighted by molar-refractivity contribution is -0.122. The number of hydrogen-bond acceptors (Lipinski definition) is 3. The zero-order valence-electron chi connectivity index (χ0n) is 14.9. The Labute approximate surface area is 148 Å². The zero-order chi connectivity index (χ0) is 17.8. The first-order valence-electron chi connectivity index (χ1n) is 8.98. The summed E-state index contributed by atoms with van der Waals surface area (Å²) in [5, 5.41) is 7.42. The molecular weight excluding hydrogens is 314 g/mol. The summed E-state index contributed by atoms with van der Waals surface area (Å²) in [6.07, 6.45) is 5.61. The van der Waals surface area contributed by atoms with Gasteiger partial charge >= 0.3 is 0 Å². The second-order valence-corrected chi connectivity index (χ2v) is 6.92. The molecule has 3 rings (SSSR count). The molecule has 0 saturated heterocycles. The van der Waals surface area contributed by atoms with Gasteiger partial charge in [-0.15, -0.1) is 0 Å². The van der Waals surface area contributed by atoms with Crippen molar-refractivity contribution in [3.8, 4) is 11.3 Å². The predicted octanol–water partition coefficient (Wildman–Crippen LogP) is 2.98. The van der Waals surface area contributed by atoms with Crippen LogP contribution in [0.5, 0.6) is 0 Å². The smallest absolute Gasteiger partial charge is 0.267 e. The fourth-order valence-electron chi connectivity index (χ4n) is 3.27. The van der Waals surface area contributed by atoms with Gasteiger partial charge in [0, 0.05) is 17.7 Å². The normalized spacial score (nSPS) is 15.1. The molecule has 1 N–H and O–H groups in total. The van der Waals surface area contributed by atoms with Crippen molar-refractivity contribution in [3.63, 3.8) is 0 Å². The molecular formula is C20H25N3O2. The molecule has 1 aromatic carbocycles. The average Bonchev–Trinajstić information content (AvgIpc) is 2.60. The quantitative estimate of drug-likeness (QED) is 0.931. The van der Waals surface area contributed by atoms with Crippen LogP contribution in [0.4, 0.5) is 0 Å².